The highest BCUT2D eigenvalue weighted by molar-refractivity contribution is 6.03. The summed E-state index contributed by atoms with van der Waals surface area (Å²) in [6, 6.07) is 7.60. The van der Waals surface area contributed by atoms with Crippen molar-refractivity contribution in [1.29, 1.82) is 0 Å². The number of nitrogens with two attached hydrogens (primary N) is 1. The number of aliphatic imine (C=N–C) groups is 1. The van der Waals surface area contributed by atoms with Gasteiger partial charge >= 0.3 is 5.69 Å². The number of hydrogen-bond donors (Lipinski definition) is 1. The van der Waals surface area contributed by atoms with Gasteiger partial charge in [0.2, 0.25) is 5.95 Å². The number of piperidine rings is 1. The Kier molecular flexibility index (Phi) is 6.42. The fraction of sp³-hybridized carbons (Fsp3) is 0.481. The van der Waals surface area contributed by atoms with Crippen LogP contribution in [0.25, 0.3) is 11.2 Å². The fourth-order valence-corrected chi connectivity index (χ4v) is 5.05. The van der Waals surface area contributed by atoms with Crippen LogP contribution < -0.4 is 26.6 Å². The van der Waals surface area contributed by atoms with Crippen molar-refractivity contribution in [2.75, 3.05) is 24.6 Å². The molecule has 2 N–H and O–H groups in total. The molecular formula is C27H33N7O3. The van der Waals surface area contributed by atoms with E-state index in [1.165, 1.54) is 9.13 Å². The number of benzene rings is 1. The van der Waals surface area contributed by atoms with Crippen molar-refractivity contribution >= 4 is 22.8 Å². The summed E-state index contributed by atoms with van der Waals surface area (Å²) in [5.74, 6) is 7.28. The Morgan fingerprint density at radius 2 is 2.00 bits per heavy atom. The van der Waals surface area contributed by atoms with Crippen LogP contribution in [0.15, 0.2) is 38.8 Å². The number of fused-ring (bicyclic) bond motifs is 2. The molecule has 1 saturated heterocycles. The lowest BCUT2D eigenvalue weighted by Crippen LogP contribution is -2.44. The monoisotopic (exact) mass is 503 g/mol. The number of nitrogens with zero attached hydrogens (tertiary/aromatic N) is 6. The lowest BCUT2D eigenvalue weighted by molar-refractivity contribution is 0.248. The largest absolute Gasteiger partial charge is 0.490 e. The van der Waals surface area contributed by atoms with E-state index in [1.54, 1.807) is 14.0 Å². The Morgan fingerprint density at radius 1 is 1.22 bits per heavy atom. The molecule has 10 nitrogen and oxygen atoms in total. The van der Waals surface area contributed by atoms with E-state index in [0.29, 0.717) is 41.7 Å². The van der Waals surface area contributed by atoms with Crippen LogP contribution in [0.4, 0.5) is 5.95 Å². The van der Waals surface area contributed by atoms with Crippen LogP contribution in [0.1, 0.15) is 39.2 Å². The molecule has 5 rings (SSSR count). The average Bonchev–Trinajstić information content (AvgIpc) is 3.20. The van der Waals surface area contributed by atoms with Crippen molar-refractivity contribution in [3.05, 3.63) is 50.7 Å². The number of hydrogen-bond acceptors (Lipinski definition) is 7. The van der Waals surface area contributed by atoms with E-state index in [0.717, 1.165) is 24.9 Å². The SMILES string of the molecule is CC#CCn1c(N2CCCC(N)C2)nc2c1c(=O)n(CC1=NC(C)(C)COc3ccccc31)c(=O)n2C. The number of anilines is 1. The van der Waals surface area contributed by atoms with E-state index in [9.17, 15) is 9.59 Å². The van der Waals surface area contributed by atoms with Crippen LogP contribution in [0.3, 0.4) is 0 Å². The molecule has 2 aliphatic heterocycles. The zero-order valence-corrected chi connectivity index (χ0v) is 21.8. The van der Waals surface area contributed by atoms with Gasteiger partial charge in [-0.15, -0.1) is 5.92 Å². The maximum absolute atomic E-state index is 14.0. The maximum atomic E-state index is 14.0. The minimum atomic E-state index is -0.522. The molecule has 0 bridgehead atoms. The minimum Gasteiger partial charge on any atom is -0.490 e. The highest BCUT2D eigenvalue weighted by Crippen LogP contribution is 2.27. The topological polar surface area (TPSA) is 113 Å². The number of rotatable bonds is 4. The minimum absolute atomic E-state index is 0.0137. The van der Waals surface area contributed by atoms with Gasteiger partial charge in [-0.2, -0.15) is 4.98 Å². The number of para-hydroxylation sites is 1. The molecule has 1 aromatic carbocycles. The molecular weight excluding hydrogens is 470 g/mol. The van der Waals surface area contributed by atoms with Crippen LogP contribution >= 0.6 is 0 Å². The Morgan fingerprint density at radius 3 is 2.76 bits per heavy atom. The first-order valence-electron chi connectivity index (χ1n) is 12.6. The Balaban J connectivity index is 1.70. The standard InChI is InChI=1S/C27H33N7O3/c1-5-6-14-33-22-23(29-25(33)32-13-9-10-18(28)15-32)31(4)26(36)34(24(22)35)16-20-19-11-7-8-12-21(19)37-17-27(2,3)30-20/h7-8,11-12,18H,9-10,13-17,28H2,1-4H3. The predicted molar refractivity (Wildman–Crippen MR) is 145 cm³/mol. The number of aromatic nitrogens is 4. The molecule has 0 saturated carbocycles. The lowest BCUT2D eigenvalue weighted by atomic mass is 10.1. The van der Waals surface area contributed by atoms with Crippen LogP contribution in [0, 0.1) is 11.8 Å². The van der Waals surface area contributed by atoms with Gasteiger partial charge in [0.05, 0.1) is 24.3 Å². The molecule has 1 unspecified atom stereocenters. The van der Waals surface area contributed by atoms with E-state index in [2.05, 4.69) is 16.7 Å². The first-order chi connectivity index (χ1) is 17.7. The van der Waals surface area contributed by atoms with E-state index in [1.807, 2.05) is 42.7 Å². The summed E-state index contributed by atoms with van der Waals surface area (Å²) >= 11 is 0. The number of imidazole rings is 1. The highest BCUT2D eigenvalue weighted by Gasteiger charge is 2.29. The van der Waals surface area contributed by atoms with Gasteiger partial charge in [0.1, 0.15) is 12.4 Å². The zero-order chi connectivity index (χ0) is 26.3. The van der Waals surface area contributed by atoms with E-state index < -0.39 is 16.8 Å². The van der Waals surface area contributed by atoms with Gasteiger partial charge in [0.25, 0.3) is 5.56 Å². The van der Waals surface area contributed by atoms with E-state index in [4.69, 9.17) is 20.4 Å². The van der Waals surface area contributed by atoms with Crippen molar-refractivity contribution in [1.82, 2.24) is 18.7 Å². The molecule has 0 amide bonds. The van der Waals surface area contributed by atoms with Gasteiger partial charge < -0.3 is 15.4 Å². The summed E-state index contributed by atoms with van der Waals surface area (Å²) in [4.78, 5) is 39.3. The molecule has 3 aromatic rings. The first-order valence-corrected chi connectivity index (χ1v) is 12.6. The molecule has 1 fully saturated rings. The zero-order valence-electron chi connectivity index (χ0n) is 21.8. The summed E-state index contributed by atoms with van der Waals surface area (Å²) in [5.41, 5.74) is 6.93. The molecule has 0 radical (unpaired) electrons. The summed E-state index contributed by atoms with van der Waals surface area (Å²) in [5, 5.41) is 0. The van der Waals surface area contributed by atoms with Crippen LogP contribution in [-0.4, -0.2) is 55.7 Å². The molecule has 0 aliphatic carbocycles. The molecule has 1 atom stereocenters. The van der Waals surface area contributed by atoms with Gasteiger partial charge in [0.15, 0.2) is 11.2 Å². The Hall–Kier alpha value is -3.84. The van der Waals surface area contributed by atoms with Gasteiger partial charge in [-0.1, -0.05) is 18.1 Å². The summed E-state index contributed by atoms with van der Waals surface area (Å²) in [6.45, 7) is 7.80. The molecule has 10 heteroatoms. The van der Waals surface area contributed by atoms with Crippen molar-refractivity contribution in [2.45, 2.75) is 58.3 Å². The quantitative estimate of drug-likeness (QED) is 0.540. The van der Waals surface area contributed by atoms with E-state index in [-0.39, 0.29) is 19.1 Å². The van der Waals surface area contributed by atoms with Crippen LogP contribution in [-0.2, 0) is 20.1 Å². The molecule has 37 heavy (non-hydrogen) atoms. The van der Waals surface area contributed by atoms with Crippen molar-refractivity contribution in [2.24, 2.45) is 17.8 Å². The van der Waals surface area contributed by atoms with Gasteiger partial charge in [-0.3, -0.25) is 23.5 Å². The number of aryl methyl sites for hydroxylation is 1. The van der Waals surface area contributed by atoms with Gasteiger partial charge in [0, 0.05) is 31.7 Å². The normalized spacial score (nSPS) is 18.9. The molecule has 2 aromatic heterocycles. The lowest BCUT2D eigenvalue weighted by Gasteiger charge is -2.31. The second kappa shape index (κ2) is 9.56. The molecule has 0 spiro atoms. The molecule has 2 aliphatic rings. The predicted octanol–water partition coefficient (Wildman–Crippen LogP) is 1.51. The summed E-state index contributed by atoms with van der Waals surface area (Å²) in [6.07, 6.45) is 1.88. The maximum Gasteiger partial charge on any atom is 0.332 e. The fourth-order valence-electron chi connectivity index (χ4n) is 5.05. The second-order valence-electron chi connectivity index (χ2n) is 10.3. The van der Waals surface area contributed by atoms with Crippen LogP contribution in [0.5, 0.6) is 5.75 Å². The van der Waals surface area contributed by atoms with Crippen molar-refractivity contribution < 1.29 is 4.74 Å². The van der Waals surface area contributed by atoms with Gasteiger partial charge in [-0.05, 0) is 45.7 Å². The highest BCUT2D eigenvalue weighted by atomic mass is 16.5. The third-order valence-corrected chi connectivity index (χ3v) is 6.89. The second-order valence-corrected chi connectivity index (χ2v) is 10.3. The first kappa shape index (κ1) is 24.8. The third kappa shape index (κ3) is 4.55. The molecule has 4 heterocycles. The molecule has 194 valence electrons. The van der Waals surface area contributed by atoms with Gasteiger partial charge in [-0.25, -0.2) is 4.79 Å². The third-order valence-electron chi connectivity index (χ3n) is 6.89. The average molecular weight is 504 g/mol. The Labute approximate surface area is 215 Å². The summed E-state index contributed by atoms with van der Waals surface area (Å²) in [7, 11) is 1.64. The summed E-state index contributed by atoms with van der Waals surface area (Å²) < 4.78 is 10.5. The van der Waals surface area contributed by atoms with Crippen LogP contribution in [0.2, 0.25) is 0 Å². The smallest absolute Gasteiger partial charge is 0.332 e. The number of ether oxygens (including phenoxy) is 1. The van der Waals surface area contributed by atoms with Crippen molar-refractivity contribution in [3.63, 3.8) is 0 Å². The Bertz CT molecular complexity index is 1560. The van der Waals surface area contributed by atoms with E-state index >= 15 is 0 Å². The van der Waals surface area contributed by atoms with Crippen molar-refractivity contribution in [3.8, 4) is 17.6 Å².